The van der Waals surface area contributed by atoms with Gasteiger partial charge in [0, 0.05) is 13.1 Å². The minimum atomic E-state index is -1.21. The first-order chi connectivity index (χ1) is 9.45. The molecule has 0 aliphatic heterocycles. The van der Waals surface area contributed by atoms with Crippen LogP contribution in [-0.4, -0.2) is 62.4 Å². The summed E-state index contributed by atoms with van der Waals surface area (Å²) in [5.74, 6) is -1.76. The van der Waals surface area contributed by atoms with Crippen LogP contribution in [0.15, 0.2) is 6.20 Å². The minimum absolute atomic E-state index is 0.0319. The fraction of sp³-hybridized carbons (Fsp3) is 0.545. The van der Waals surface area contributed by atoms with Crippen molar-refractivity contribution in [3.05, 3.63) is 11.9 Å². The Kier molecular flexibility index (Phi) is 3.97. The monoisotopic (exact) mass is 281 g/mol. The SMILES string of the molecule is CN(CC(=O)NC1CC1)C(=O)Cn1cc(C(=O)O)nn1. The van der Waals surface area contributed by atoms with Gasteiger partial charge in [0.25, 0.3) is 0 Å². The van der Waals surface area contributed by atoms with E-state index in [1.807, 2.05) is 0 Å². The first kappa shape index (κ1) is 14.0. The molecule has 1 aliphatic carbocycles. The van der Waals surface area contributed by atoms with Crippen molar-refractivity contribution >= 4 is 17.8 Å². The molecular formula is C11H15N5O4. The average Bonchev–Trinajstić information content (AvgIpc) is 3.04. The van der Waals surface area contributed by atoms with E-state index in [0.717, 1.165) is 17.5 Å². The molecule has 1 aliphatic rings. The second-order valence-electron chi connectivity index (χ2n) is 4.70. The van der Waals surface area contributed by atoms with Crippen LogP contribution in [0.1, 0.15) is 23.3 Å². The number of aromatic carboxylic acids is 1. The number of nitrogens with one attached hydrogen (secondary N) is 1. The Hall–Kier alpha value is -2.45. The van der Waals surface area contributed by atoms with Gasteiger partial charge in [-0.05, 0) is 12.8 Å². The molecule has 1 fully saturated rings. The second kappa shape index (κ2) is 5.68. The lowest BCUT2D eigenvalue weighted by Gasteiger charge is -2.16. The number of amides is 2. The molecule has 20 heavy (non-hydrogen) atoms. The lowest BCUT2D eigenvalue weighted by Crippen LogP contribution is -2.40. The van der Waals surface area contributed by atoms with Gasteiger partial charge in [-0.1, -0.05) is 5.21 Å². The maximum Gasteiger partial charge on any atom is 0.358 e. The lowest BCUT2D eigenvalue weighted by atomic mass is 10.4. The molecule has 0 unspecified atom stereocenters. The van der Waals surface area contributed by atoms with Crippen LogP contribution in [0.5, 0.6) is 0 Å². The molecule has 2 rings (SSSR count). The van der Waals surface area contributed by atoms with Crippen molar-refractivity contribution in [2.75, 3.05) is 13.6 Å². The number of carbonyl (C=O) groups is 3. The quantitative estimate of drug-likeness (QED) is 0.670. The normalized spacial score (nSPS) is 13.8. The predicted octanol–water partition coefficient (Wildman–Crippen LogP) is -1.29. The number of carboxylic acid groups (broad SMARTS) is 1. The van der Waals surface area contributed by atoms with E-state index in [4.69, 9.17) is 5.11 Å². The van der Waals surface area contributed by atoms with E-state index in [9.17, 15) is 14.4 Å². The standard InChI is InChI=1S/C11H15N5O4/c1-15(5-9(17)12-7-2-3-7)10(18)6-16-4-8(11(19)20)13-14-16/h4,7H,2-3,5-6H2,1H3,(H,12,17)(H,19,20). The molecule has 2 amide bonds. The van der Waals surface area contributed by atoms with Gasteiger partial charge < -0.3 is 15.3 Å². The number of nitrogens with zero attached hydrogens (tertiary/aromatic N) is 4. The zero-order valence-electron chi connectivity index (χ0n) is 10.9. The van der Waals surface area contributed by atoms with Crippen molar-refractivity contribution in [2.45, 2.75) is 25.4 Å². The summed E-state index contributed by atoms with van der Waals surface area (Å²) in [5, 5.41) is 18.4. The number of aromatic nitrogens is 3. The van der Waals surface area contributed by atoms with Crippen molar-refractivity contribution in [2.24, 2.45) is 0 Å². The van der Waals surface area contributed by atoms with Crippen molar-refractivity contribution in [1.82, 2.24) is 25.2 Å². The van der Waals surface area contributed by atoms with Gasteiger partial charge >= 0.3 is 5.97 Å². The van der Waals surface area contributed by atoms with Gasteiger partial charge in [-0.25, -0.2) is 9.48 Å². The molecule has 0 aromatic carbocycles. The Morgan fingerprint density at radius 2 is 2.20 bits per heavy atom. The van der Waals surface area contributed by atoms with Gasteiger partial charge in [0.05, 0.1) is 12.7 Å². The van der Waals surface area contributed by atoms with Gasteiger partial charge in [0.1, 0.15) is 6.54 Å². The zero-order chi connectivity index (χ0) is 14.7. The van der Waals surface area contributed by atoms with E-state index < -0.39 is 5.97 Å². The van der Waals surface area contributed by atoms with E-state index in [-0.39, 0.29) is 36.6 Å². The summed E-state index contributed by atoms with van der Waals surface area (Å²) in [4.78, 5) is 35.3. The Labute approximate surface area is 114 Å². The molecule has 1 saturated carbocycles. The summed E-state index contributed by atoms with van der Waals surface area (Å²) in [7, 11) is 1.50. The van der Waals surface area contributed by atoms with Crippen LogP contribution in [0, 0.1) is 0 Å². The third kappa shape index (κ3) is 3.77. The molecule has 0 spiro atoms. The van der Waals surface area contributed by atoms with Gasteiger partial charge in [-0.3, -0.25) is 9.59 Å². The summed E-state index contributed by atoms with van der Waals surface area (Å²) >= 11 is 0. The van der Waals surface area contributed by atoms with E-state index in [1.165, 1.54) is 18.1 Å². The van der Waals surface area contributed by atoms with Crippen LogP contribution in [0.4, 0.5) is 0 Å². The molecule has 0 saturated heterocycles. The summed E-state index contributed by atoms with van der Waals surface area (Å²) in [6.45, 7) is -0.191. The fourth-order valence-electron chi connectivity index (χ4n) is 1.54. The van der Waals surface area contributed by atoms with Crippen LogP contribution in [-0.2, 0) is 16.1 Å². The van der Waals surface area contributed by atoms with Gasteiger partial charge in [0.2, 0.25) is 11.8 Å². The van der Waals surface area contributed by atoms with Gasteiger partial charge in [-0.2, -0.15) is 0 Å². The number of rotatable bonds is 6. The van der Waals surface area contributed by atoms with E-state index in [2.05, 4.69) is 15.6 Å². The molecule has 2 N–H and O–H groups in total. The fourth-order valence-corrected chi connectivity index (χ4v) is 1.54. The first-order valence-electron chi connectivity index (χ1n) is 6.12. The topological polar surface area (TPSA) is 117 Å². The van der Waals surface area contributed by atoms with Crippen molar-refractivity contribution in [1.29, 1.82) is 0 Å². The molecule has 0 radical (unpaired) electrons. The maximum absolute atomic E-state index is 11.8. The molecule has 1 aromatic heterocycles. The molecule has 0 bridgehead atoms. The van der Waals surface area contributed by atoms with Crippen LogP contribution < -0.4 is 5.32 Å². The first-order valence-corrected chi connectivity index (χ1v) is 6.12. The third-order valence-electron chi connectivity index (χ3n) is 2.80. The zero-order valence-corrected chi connectivity index (χ0v) is 10.9. The number of hydrogen-bond acceptors (Lipinski definition) is 5. The minimum Gasteiger partial charge on any atom is -0.476 e. The number of hydrogen-bond donors (Lipinski definition) is 2. The Morgan fingerprint density at radius 1 is 1.50 bits per heavy atom. The highest BCUT2D eigenvalue weighted by atomic mass is 16.4. The molecule has 9 nitrogen and oxygen atoms in total. The van der Waals surface area contributed by atoms with Crippen LogP contribution >= 0.6 is 0 Å². The van der Waals surface area contributed by atoms with Crippen molar-refractivity contribution in [3.63, 3.8) is 0 Å². The maximum atomic E-state index is 11.8. The summed E-state index contributed by atoms with van der Waals surface area (Å²) < 4.78 is 1.13. The highest BCUT2D eigenvalue weighted by molar-refractivity contribution is 5.86. The average molecular weight is 281 g/mol. The molecule has 1 aromatic rings. The molecule has 108 valence electrons. The Morgan fingerprint density at radius 3 is 2.75 bits per heavy atom. The summed E-state index contributed by atoms with van der Waals surface area (Å²) in [5.41, 5.74) is -0.230. The molecular weight excluding hydrogens is 266 g/mol. The van der Waals surface area contributed by atoms with Crippen LogP contribution in [0.2, 0.25) is 0 Å². The number of likely N-dealkylation sites (N-methyl/N-ethyl adjacent to an activating group) is 1. The Balaban J connectivity index is 1.82. The molecule has 1 heterocycles. The van der Waals surface area contributed by atoms with Crippen LogP contribution in [0.25, 0.3) is 0 Å². The van der Waals surface area contributed by atoms with E-state index >= 15 is 0 Å². The van der Waals surface area contributed by atoms with Gasteiger partial charge in [-0.15, -0.1) is 5.10 Å². The van der Waals surface area contributed by atoms with Gasteiger partial charge in [0.15, 0.2) is 5.69 Å². The third-order valence-corrected chi connectivity index (χ3v) is 2.80. The summed E-state index contributed by atoms with van der Waals surface area (Å²) in [6.07, 6.45) is 3.14. The largest absolute Gasteiger partial charge is 0.476 e. The highest BCUT2D eigenvalue weighted by Gasteiger charge is 2.24. The number of carbonyl (C=O) groups excluding carboxylic acids is 2. The van der Waals surface area contributed by atoms with E-state index in [1.54, 1.807) is 0 Å². The van der Waals surface area contributed by atoms with E-state index in [0.29, 0.717) is 0 Å². The van der Waals surface area contributed by atoms with Crippen molar-refractivity contribution < 1.29 is 19.5 Å². The molecule has 0 atom stereocenters. The second-order valence-corrected chi connectivity index (χ2v) is 4.70. The van der Waals surface area contributed by atoms with Crippen LogP contribution in [0.3, 0.4) is 0 Å². The van der Waals surface area contributed by atoms with Crippen molar-refractivity contribution in [3.8, 4) is 0 Å². The number of carboxylic acids is 1. The summed E-state index contributed by atoms with van der Waals surface area (Å²) in [6, 6.07) is 0.249. The smallest absolute Gasteiger partial charge is 0.358 e. The lowest BCUT2D eigenvalue weighted by molar-refractivity contribution is -0.135. The Bertz CT molecular complexity index is 537. The molecule has 9 heteroatoms. The predicted molar refractivity (Wildman–Crippen MR) is 65.8 cm³/mol. The highest BCUT2D eigenvalue weighted by Crippen LogP contribution is 2.18.